The number of carbonyl (C=O) groups is 4. The molecule has 1 aromatic carbocycles. The van der Waals surface area contributed by atoms with Crippen LogP contribution in [-0.4, -0.2) is 46.7 Å². The molecule has 1 saturated heterocycles. The molecule has 1 aromatic heterocycles. The summed E-state index contributed by atoms with van der Waals surface area (Å²) in [6, 6.07) is 7.21. The third-order valence-electron chi connectivity index (χ3n) is 5.64. The summed E-state index contributed by atoms with van der Waals surface area (Å²) in [6.07, 6.45) is 3.20. The van der Waals surface area contributed by atoms with Crippen LogP contribution >= 0.6 is 11.3 Å². The number of amides is 3. The van der Waals surface area contributed by atoms with Gasteiger partial charge in [0.05, 0.1) is 22.5 Å². The monoisotopic (exact) mass is 441 g/mol. The summed E-state index contributed by atoms with van der Waals surface area (Å²) >= 11 is 1.54. The lowest BCUT2D eigenvalue weighted by atomic mass is 9.81. The Bertz CT molecular complexity index is 1010. The molecule has 3 amide bonds. The van der Waals surface area contributed by atoms with E-state index in [9.17, 15) is 19.2 Å². The van der Waals surface area contributed by atoms with Gasteiger partial charge in [-0.3, -0.25) is 24.1 Å². The third-order valence-corrected chi connectivity index (χ3v) is 6.42. The number of hydrogen-bond acceptors (Lipinski definition) is 7. The Morgan fingerprint density at radius 3 is 2.55 bits per heavy atom. The minimum absolute atomic E-state index is 0.301. The van der Waals surface area contributed by atoms with E-state index >= 15 is 0 Å². The highest BCUT2D eigenvalue weighted by Gasteiger charge is 2.48. The number of anilines is 1. The fourth-order valence-electron chi connectivity index (χ4n) is 4.16. The predicted molar refractivity (Wildman–Crippen MR) is 114 cm³/mol. The summed E-state index contributed by atoms with van der Waals surface area (Å²) in [5, 5.41) is 5.57. The number of benzene rings is 1. The molecule has 2 unspecified atom stereocenters. The molecule has 2 aliphatic rings. The van der Waals surface area contributed by atoms with E-state index in [1.165, 1.54) is 0 Å². The lowest BCUT2D eigenvalue weighted by Gasteiger charge is -2.19. The number of esters is 1. The highest BCUT2D eigenvalue weighted by atomic mass is 32.1. The van der Waals surface area contributed by atoms with Gasteiger partial charge in [-0.1, -0.05) is 25.0 Å². The van der Waals surface area contributed by atoms with E-state index in [0.717, 1.165) is 34.0 Å². The maximum absolute atomic E-state index is 12.4. The highest BCUT2D eigenvalue weighted by Crippen LogP contribution is 2.37. The first-order valence-corrected chi connectivity index (χ1v) is 11.1. The summed E-state index contributed by atoms with van der Waals surface area (Å²) in [5.74, 6) is -2.51. The van der Waals surface area contributed by atoms with Crippen molar-refractivity contribution in [2.75, 3.05) is 18.5 Å². The minimum Gasteiger partial charge on any atom is -0.454 e. The molecule has 1 aliphatic heterocycles. The number of fused-ring (bicyclic) bond motifs is 1. The lowest BCUT2D eigenvalue weighted by molar-refractivity contribution is -0.154. The van der Waals surface area contributed by atoms with Crippen LogP contribution < -0.4 is 5.32 Å². The van der Waals surface area contributed by atoms with Gasteiger partial charge in [-0.05, 0) is 31.9 Å². The molecule has 2 heterocycles. The molecule has 2 aromatic rings. The van der Waals surface area contributed by atoms with Crippen molar-refractivity contribution in [1.29, 1.82) is 0 Å². The van der Waals surface area contributed by atoms with Crippen molar-refractivity contribution in [3.8, 4) is 11.3 Å². The van der Waals surface area contributed by atoms with Gasteiger partial charge in [-0.15, -0.1) is 11.3 Å². The summed E-state index contributed by atoms with van der Waals surface area (Å²) in [6.45, 7) is 0.976. The van der Waals surface area contributed by atoms with Gasteiger partial charge in [0.2, 0.25) is 11.8 Å². The van der Waals surface area contributed by atoms with E-state index < -0.39 is 25.0 Å². The molecule has 8 nitrogen and oxygen atoms in total. The van der Waals surface area contributed by atoms with E-state index in [1.54, 1.807) is 29.5 Å². The highest BCUT2D eigenvalue weighted by molar-refractivity contribution is 7.09. The third kappa shape index (κ3) is 4.66. The second-order valence-corrected chi connectivity index (χ2v) is 8.86. The Balaban J connectivity index is 1.29. The van der Waals surface area contributed by atoms with Crippen LogP contribution in [-0.2, 0) is 23.9 Å². The molecule has 1 N–H and O–H groups in total. The van der Waals surface area contributed by atoms with Gasteiger partial charge in [0.1, 0.15) is 6.54 Å². The molecule has 0 radical (unpaired) electrons. The Morgan fingerprint density at radius 1 is 1.19 bits per heavy atom. The van der Waals surface area contributed by atoms with Gasteiger partial charge in [-0.2, -0.15) is 0 Å². The van der Waals surface area contributed by atoms with E-state index in [-0.39, 0.29) is 23.7 Å². The second kappa shape index (κ2) is 8.97. The van der Waals surface area contributed by atoms with E-state index in [2.05, 4.69) is 10.3 Å². The van der Waals surface area contributed by atoms with Crippen molar-refractivity contribution in [1.82, 2.24) is 9.88 Å². The number of nitrogens with one attached hydrogen (secondary N) is 1. The Kier molecular flexibility index (Phi) is 6.13. The van der Waals surface area contributed by atoms with Crippen molar-refractivity contribution in [2.24, 2.45) is 11.8 Å². The first-order chi connectivity index (χ1) is 14.9. The number of carbonyl (C=O) groups excluding carboxylic acids is 4. The molecule has 9 heteroatoms. The zero-order valence-corrected chi connectivity index (χ0v) is 17.9. The molecule has 0 spiro atoms. The average molecular weight is 442 g/mol. The van der Waals surface area contributed by atoms with Crippen molar-refractivity contribution < 1.29 is 23.9 Å². The fraction of sp³-hybridized carbons (Fsp3) is 0.409. The van der Waals surface area contributed by atoms with Crippen molar-refractivity contribution in [2.45, 2.75) is 32.6 Å². The van der Waals surface area contributed by atoms with Crippen LogP contribution in [0.2, 0.25) is 0 Å². The van der Waals surface area contributed by atoms with Gasteiger partial charge in [0.25, 0.3) is 5.91 Å². The van der Waals surface area contributed by atoms with E-state index in [0.29, 0.717) is 18.5 Å². The molecular formula is C22H23N3O5S. The summed E-state index contributed by atoms with van der Waals surface area (Å²) < 4.78 is 5.00. The molecule has 1 saturated carbocycles. The second-order valence-electron chi connectivity index (χ2n) is 7.80. The number of imide groups is 1. The Morgan fingerprint density at radius 2 is 1.90 bits per heavy atom. The zero-order valence-electron chi connectivity index (χ0n) is 17.1. The van der Waals surface area contributed by atoms with E-state index in [4.69, 9.17) is 4.74 Å². The van der Waals surface area contributed by atoms with Gasteiger partial charge in [-0.25, -0.2) is 4.98 Å². The number of thiazole rings is 1. The molecule has 162 valence electrons. The summed E-state index contributed by atoms with van der Waals surface area (Å²) in [5.41, 5.74) is 2.25. The molecule has 1 aliphatic carbocycles. The number of ether oxygens (including phenoxy) is 1. The topological polar surface area (TPSA) is 106 Å². The van der Waals surface area contributed by atoms with Crippen molar-refractivity contribution in [3.63, 3.8) is 0 Å². The maximum atomic E-state index is 12.4. The van der Waals surface area contributed by atoms with Crippen molar-refractivity contribution >= 4 is 40.7 Å². The molecule has 2 atom stereocenters. The van der Waals surface area contributed by atoms with Crippen LogP contribution in [0.3, 0.4) is 0 Å². The molecule has 0 bridgehead atoms. The van der Waals surface area contributed by atoms with Crippen molar-refractivity contribution in [3.05, 3.63) is 34.7 Å². The Hall–Kier alpha value is -3.07. The first-order valence-electron chi connectivity index (χ1n) is 10.3. The van der Waals surface area contributed by atoms with Crippen LogP contribution in [0.1, 0.15) is 30.7 Å². The van der Waals surface area contributed by atoms with Crippen LogP contribution in [0.5, 0.6) is 0 Å². The van der Waals surface area contributed by atoms with Crippen LogP contribution in [0.25, 0.3) is 11.3 Å². The Labute approximate surface area is 183 Å². The minimum atomic E-state index is -0.776. The molecular weight excluding hydrogens is 418 g/mol. The normalized spacial score (nSPS) is 20.5. The van der Waals surface area contributed by atoms with Crippen LogP contribution in [0, 0.1) is 18.8 Å². The fourth-order valence-corrected chi connectivity index (χ4v) is 4.78. The number of aryl methyl sites for hydroxylation is 1. The van der Waals surface area contributed by atoms with Gasteiger partial charge < -0.3 is 10.1 Å². The quantitative estimate of drug-likeness (QED) is 0.546. The number of hydrogen-bond donors (Lipinski definition) is 1. The standard InChI is InChI=1S/C22H23N3O5S/c1-13-23-18(12-31-13)14-5-4-6-15(9-14)24-19(26)11-30-20(27)10-25-21(28)16-7-2-3-8-17(16)22(25)29/h4-6,9,12,16-17H,2-3,7-8,10-11H2,1H3,(H,24,26). The molecule has 4 rings (SSSR count). The summed E-state index contributed by atoms with van der Waals surface area (Å²) in [4.78, 5) is 54.6. The van der Waals surface area contributed by atoms with Crippen LogP contribution in [0.15, 0.2) is 29.6 Å². The number of aromatic nitrogens is 1. The first kappa shape index (κ1) is 21.2. The van der Waals surface area contributed by atoms with Gasteiger partial charge in [0.15, 0.2) is 6.61 Å². The molecule has 2 fully saturated rings. The number of likely N-dealkylation sites (tertiary alicyclic amines) is 1. The van der Waals surface area contributed by atoms with Crippen LogP contribution in [0.4, 0.5) is 5.69 Å². The lowest BCUT2D eigenvalue weighted by Crippen LogP contribution is -2.37. The predicted octanol–water partition coefficient (Wildman–Crippen LogP) is 2.78. The smallest absolute Gasteiger partial charge is 0.326 e. The van der Waals surface area contributed by atoms with E-state index in [1.807, 2.05) is 18.4 Å². The largest absolute Gasteiger partial charge is 0.454 e. The number of rotatable bonds is 6. The van der Waals surface area contributed by atoms with Gasteiger partial charge >= 0.3 is 5.97 Å². The van der Waals surface area contributed by atoms with Gasteiger partial charge in [0, 0.05) is 16.6 Å². The molecule has 31 heavy (non-hydrogen) atoms. The summed E-state index contributed by atoms with van der Waals surface area (Å²) in [7, 11) is 0. The SMILES string of the molecule is Cc1nc(-c2cccc(NC(=O)COC(=O)CN3C(=O)C4CCCCC4C3=O)c2)cs1. The number of nitrogens with zero attached hydrogens (tertiary/aromatic N) is 2. The average Bonchev–Trinajstić information content (AvgIpc) is 3.30. The zero-order chi connectivity index (χ0) is 22.0. The maximum Gasteiger partial charge on any atom is 0.326 e.